The fourth-order valence-electron chi connectivity index (χ4n) is 5.64. The van der Waals surface area contributed by atoms with Crippen LogP contribution in [0, 0.1) is 11.8 Å². The molecular weight excluding hydrogens is 360 g/mol. The third-order valence-corrected chi connectivity index (χ3v) is 7.36. The van der Waals surface area contributed by atoms with Gasteiger partial charge in [0.15, 0.2) is 18.7 Å². The molecule has 158 valence electrons. The van der Waals surface area contributed by atoms with Crippen molar-refractivity contribution in [1.82, 2.24) is 0 Å². The molecule has 0 aromatic carbocycles. The van der Waals surface area contributed by atoms with Crippen molar-refractivity contribution in [3.05, 3.63) is 0 Å². The largest absolute Gasteiger partial charge is 0.346 e. The fraction of sp³-hybridized carbons (Fsp3) is 0.955. The summed E-state index contributed by atoms with van der Waals surface area (Å²) in [6.45, 7) is 0.508. The Kier molecular flexibility index (Phi) is 5.76. The van der Waals surface area contributed by atoms with Gasteiger partial charge in [-0.05, 0) is 25.7 Å². The first-order chi connectivity index (χ1) is 13.8. The van der Waals surface area contributed by atoms with Crippen LogP contribution in [0.25, 0.3) is 0 Å². The van der Waals surface area contributed by atoms with Crippen molar-refractivity contribution in [1.29, 1.82) is 0 Å². The molecule has 0 bridgehead atoms. The minimum atomic E-state index is -1.29. The summed E-state index contributed by atoms with van der Waals surface area (Å²) in [5.41, 5.74) is 0. The number of ether oxygens (including phenoxy) is 5. The van der Waals surface area contributed by atoms with Crippen molar-refractivity contribution < 1.29 is 28.5 Å². The number of carbonyl (C=O) groups excluding carboxylic acids is 1. The van der Waals surface area contributed by atoms with Gasteiger partial charge in [-0.2, -0.15) is 0 Å². The fourth-order valence-corrected chi connectivity index (χ4v) is 5.64. The van der Waals surface area contributed by atoms with Gasteiger partial charge in [0.2, 0.25) is 5.78 Å². The molecule has 3 saturated heterocycles. The molecule has 0 amide bonds. The molecule has 0 N–H and O–H groups in total. The molecule has 0 aromatic rings. The second-order valence-corrected chi connectivity index (χ2v) is 9.33. The van der Waals surface area contributed by atoms with Crippen LogP contribution in [0.15, 0.2) is 0 Å². The first-order valence-corrected chi connectivity index (χ1v) is 11.5. The van der Waals surface area contributed by atoms with Gasteiger partial charge >= 0.3 is 0 Å². The van der Waals surface area contributed by atoms with E-state index >= 15 is 0 Å². The maximum Gasteiger partial charge on any atom is 0.258 e. The highest BCUT2D eigenvalue weighted by atomic mass is 16.8. The normalized spacial score (nSPS) is 43.8. The Labute approximate surface area is 167 Å². The monoisotopic (exact) mass is 394 g/mol. The standard InChI is InChI=1S/C22H34O6/c23-19-18-17(26-21(27-18)16-11-7-3-4-8-12-16)13-25-22(19)14-24-20(28-22)15-9-5-1-2-6-10-15/h15-18,20-21H,1-14H2/t17-,18-,20?,21?,22+/m1/s1. The van der Waals surface area contributed by atoms with E-state index in [4.69, 9.17) is 23.7 Å². The van der Waals surface area contributed by atoms with E-state index in [0.29, 0.717) is 18.4 Å². The summed E-state index contributed by atoms with van der Waals surface area (Å²) < 4.78 is 30.4. The van der Waals surface area contributed by atoms with E-state index in [-0.39, 0.29) is 31.1 Å². The zero-order valence-electron chi connectivity index (χ0n) is 16.8. The lowest BCUT2D eigenvalue weighted by atomic mass is 9.98. The maximum absolute atomic E-state index is 13.3. The van der Waals surface area contributed by atoms with Crippen molar-refractivity contribution in [2.45, 2.75) is 108 Å². The summed E-state index contributed by atoms with van der Waals surface area (Å²) in [6.07, 6.45) is 12.9. The third-order valence-electron chi connectivity index (χ3n) is 7.36. The number of Topliss-reactive ketones (excluding diaryl/α,β-unsaturated/α-hetero) is 1. The SMILES string of the molecule is O=C1[C@@H]2OC(C3CCCCCC3)O[C@@H]2CO[C@]12COC(C1CCCCCC1)O2. The van der Waals surface area contributed by atoms with E-state index in [1.54, 1.807) is 0 Å². The average Bonchev–Trinajstić information content (AvgIpc) is 3.09. The van der Waals surface area contributed by atoms with Gasteiger partial charge < -0.3 is 23.7 Å². The molecule has 2 unspecified atom stereocenters. The zero-order valence-corrected chi connectivity index (χ0v) is 16.8. The lowest BCUT2D eigenvalue weighted by molar-refractivity contribution is -0.251. The number of carbonyl (C=O) groups is 1. The topological polar surface area (TPSA) is 63.2 Å². The summed E-state index contributed by atoms with van der Waals surface area (Å²) >= 11 is 0. The smallest absolute Gasteiger partial charge is 0.258 e. The molecule has 0 aromatic heterocycles. The van der Waals surface area contributed by atoms with Crippen LogP contribution in [-0.2, 0) is 28.5 Å². The second-order valence-electron chi connectivity index (χ2n) is 9.33. The molecule has 6 nitrogen and oxygen atoms in total. The van der Waals surface area contributed by atoms with Gasteiger partial charge in [0.05, 0.1) is 6.61 Å². The van der Waals surface area contributed by atoms with E-state index in [0.717, 1.165) is 25.7 Å². The van der Waals surface area contributed by atoms with Crippen LogP contribution in [0.2, 0.25) is 0 Å². The van der Waals surface area contributed by atoms with Crippen molar-refractivity contribution in [3.63, 3.8) is 0 Å². The Balaban J connectivity index is 1.23. The summed E-state index contributed by atoms with van der Waals surface area (Å²) in [4.78, 5) is 13.3. The predicted octanol–water partition coefficient (Wildman–Crippen LogP) is 3.71. The van der Waals surface area contributed by atoms with E-state index in [1.165, 1.54) is 51.4 Å². The molecule has 3 aliphatic heterocycles. The Morgan fingerprint density at radius 3 is 2.00 bits per heavy atom. The van der Waals surface area contributed by atoms with Crippen molar-refractivity contribution >= 4 is 5.78 Å². The van der Waals surface area contributed by atoms with Gasteiger partial charge in [-0.15, -0.1) is 0 Å². The molecule has 2 aliphatic carbocycles. The number of rotatable bonds is 2. The van der Waals surface area contributed by atoms with Gasteiger partial charge in [0, 0.05) is 11.8 Å². The van der Waals surface area contributed by atoms with Crippen LogP contribution in [0.5, 0.6) is 0 Å². The minimum absolute atomic E-state index is 0.143. The van der Waals surface area contributed by atoms with E-state index in [2.05, 4.69) is 0 Å². The van der Waals surface area contributed by atoms with Crippen molar-refractivity contribution in [2.75, 3.05) is 13.2 Å². The predicted molar refractivity (Wildman–Crippen MR) is 100 cm³/mol. The van der Waals surface area contributed by atoms with E-state index in [1.807, 2.05) is 0 Å². The number of fused-ring (bicyclic) bond motifs is 1. The highest BCUT2D eigenvalue weighted by Gasteiger charge is 2.60. The van der Waals surface area contributed by atoms with Gasteiger partial charge in [0.25, 0.3) is 5.79 Å². The first kappa shape index (κ1) is 19.4. The molecule has 6 heteroatoms. The molecule has 1 spiro atoms. The molecule has 28 heavy (non-hydrogen) atoms. The molecule has 3 heterocycles. The van der Waals surface area contributed by atoms with Gasteiger partial charge in [0.1, 0.15) is 12.7 Å². The lowest BCUT2D eigenvalue weighted by Crippen LogP contribution is -2.58. The van der Waals surface area contributed by atoms with Crippen LogP contribution in [0.1, 0.15) is 77.0 Å². The average molecular weight is 395 g/mol. The summed E-state index contributed by atoms with van der Waals surface area (Å²) in [7, 11) is 0. The molecule has 5 atom stereocenters. The number of hydrogen-bond donors (Lipinski definition) is 0. The third kappa shape index (κ3) is 3.67. The summed E-state index contributed by atoms with van der Waals surface area (Å²) in [6, 6.07) is 0. The van der Waals surface area contributed by atoms with E-state index in [9.17, 15) is 4.79 Å². The molecule has 0 radical (unpaired) electrons. The molecule has 5 rings (SSSR count). The Morgan fingerprint density at radius 2 is 1.36 bits per heavy atom. The zero-order chi connectivity index (χ0) is 19.0. The molecule has 2 saturated carbocycles. The van der Waals surface area contributed by atoms with Gasteiger partial charge in [-0.25, -0.2) is 0 Å². The molecular formula is C22H34O6. The molecule has 5 aliphatic rings. The Bertz CT molecular complexity index is 533. The molecule has 5 fully saturated rings. The van der Waals surface area contributed by atoms with Crippen LogP contribution in [-0.4, -0.2) is 49.6 Å². The second kappa shape index (κ2) is 8.31. The Morgan fingerprint density at radius 1 is 0.750 bits per heavy atom. The van der Waals surface area contributed by atoms with Gasteiger partial charge in [-0.3, -0.25) is 4.79 Å². The van der Waals surface area contributed by atoms with Crippen LogP contribution in [0.3, 0.4) is 0 Å². The Hall–Kier alpha value is -0.530. The quantitative estimate of drug-likeness (QED) is 0.666. The number of ketones is 1. The summed E-state index contributed by atoms with van der Waals surface area (Å²) in [5.74, 6) is -0.692. The van der Waals surface area contributed by atoms with Crippen LogP contribution in [0.4, 0.5) is 0 Å². The van der Waals surface area contributed by atoms with Crippen LogP contribution >= 0.6 is 0 Å². The lowest BCUT2D eigenvalue weighted by Gasteiger charge is -2.35. The van der Waals surface area contributed by atoms with Crippen molar-refractivity contribution in [2.24, 2.45) is 11.8 Å². The highest BCUT2D eigenvalue weighted by Crippen LogP contribution is 2.42. The summed E-state index contributed by atoms with van der Waals surface area (Å²) in [5, 5.41) is 0. The maximum atomic E-state index is 13.3. The minimum Gasteiger partial charge on any atom is -0.346 e. The highest BCUT2D eigenvalue weighted by molar-refractivity contribution is 5.91. The van der Waals surface area contributed by atoms with Gasteiger partial charge in [-0.1, -0.05) is 51.4 Å². The van der Waals surface area contributed by atoms with Crippen LogP contribution < -0.4 is 0 Å². The number of hydrogen-bond acceptors (Lipinski definition) is 6. The van der Waals surface area contributed by atoms with E-state index < -0.39 is 11.9 Å². The first-order valence-electron chi connectivity index (χ1n) is 11.5. The van der Waals surface area contributed by atoms with Crippen molar-refractivity contribution in [3.8, 4) is 0 Å².